The van der Waals surface area contributed by atoms with E-state index in [-0.39, 0.29) is 35.1 Å². The van der Waals surface area contributed by atoms with Crippen LogP contribution in [0.5, 0.6) is 0 Å². The Kier molecular flexibility index (Phi) is 6.48. The largest absolute Gasteiger partial charge is 0.365 e. The average Bonchev–Trinajstić information content (AvgIpc) is 2.90. The third-order valence-electron chi connectivity index (χ3n) is 7.24. The van der Waals surface area contributed by atoms with Gasteiger partial charge >= 0.3 is 0 Å². The van der Waals surface area contributed by atoms with Gasteiger partial charge in [0.05, 0.1) is 17.2 Å². The predicted octanol–water partition coefficient (Wildman–Crippen LogP) is 5.37. The Morgan fingerprint density at radius 1 is 0.973 bits per heavy atom. The van der Waals surface area contributed by atoms with Gasteiger partial charge in [-0.1, -0.05) is 30.8 Å². The lowest BCUT2D eigenvalue weighted by molar-refractivity contribution is 0.150. The second-order valence-corrected chi connectivity index (χ2v) is 9.53. The molecule has 0 radical (unpaired) electrons. The molecule has 1 aliphatic rings. The van der Waals surface area contributed by atoms with Gasteiger partial charge in [0.1, 0.15) is 11.6 Å². The molecule has 5 rings (SSSR count). The maximum absolute atomic E-state index is 13.7. The van der Waals surface area contributed by atoms with Crippen molar-refractivity contribution in [3.63, 3.8) is 0 Å². The molecule has 37 heavy (non-hydrogen) atoms. The number of aromatic nitrogens is 2. The second kappa shape index (κ2) is 9.75. The van der Waals surface area contributed by atoms with Gasteiger partial charge in [0.2, 0.25) is 5.52 Å². The fourth-order valence-electron chi connectivity index (χ4n) is 5.40. The summed E-state index contributed by atoms with van der Waals surface area (Å²) in [5.41, 5.74) is 4.43. The SMILES string of the molecule is [C-]#[N+]c1ccc2c(n1)c(N1CCN(C(c3ccc(F)cc3)c3ccc(F)cc3)[C@H](C)C1)c(C)c(=O)n2C. The van der Waals surface area contributed by atoms with Gasteiger partial charge in [-0.05, 0) is 61.4 Å². The summed E-state index contributed by atoms with van der Waals surface area (Å²) in [5, 5.41) is 0. The van der Waals surface area contributed by atoms with E-state index >= 15 is 0 Å². The number of pyridine rings is 2. The summed E-state index contributed by atoms with van der Waals surface area (Å²) >= 11 is 0. The van der Waals surface area contributed by atoms with E-state index in [1.165, 1.54) is 24.3 Å². The number of hydrogen-bond donors (Lipinski definition) is 0. The zero-order valence-electron chi connectivity index (χ0n) is 20.9. The Morgan fingerprint density at radius 3 is 2.11 bits per heavy atom. The van der Waals surface area contributed by atoms with Gasteiger partial charge in [-0.2, -0.15) is 0 Å². The van der Waals surface area contributed by atoms with Gasteiger partial charge in [0.15, 0.2) is 0 Å². The van der Waals surface area contributed by atoms with Crippen molar-refractivity contribution in [3.05, 3.63) is 111 Å². The Labute approximate surface area is 214 Å². The highest BCUT2D eigenvalue weighted by Crippen LogP contribution is 2.35. The van der Waals surface area contributed by atoms with E-state index in [0.29, 0.717) is 36.2 Å². The van der Waals surface area contributed by atoms with Crippen LogP contribution in [-0.4, -0.2) is 40.1 Å². The number of halogens is 2. The predicted molar refractivity (Wildman–Crippen MR) is 141 cm³/mol. The highest BCUT2D eigenvalue weighted by molar-refractivity contribution is 5.91. The van der Waals surface area contributed by atoms with E-state index in [4.69, 9.17) is 6.57 Å². The standard InChI is InChI=1S/C29H27F2N5O/c1-18-17-35(27-19(2)29(37)34(4)24-13-14-25(32-3)33-26(24)27)15-16-36(18)28(20-5-9-22(30)10-6-20)21-7-11-23(31)12-8-21/h5-14,18,28H,15-17H2,1-2,4H3/t18-/m1/s1. The minimum Gasteiger partial charge on any atom is -0.365 e. The first-order chi connectivity index (χ1) is 17.8. The van der Waals surface area contributed by atoms with Crippen LogP contribution in [0, 0.1) is 25.1 Å². The first kappa shape index (κ1) is 24.6. The quantitative estimate of drug-likeness (QED) is 0.354. The molecule has 0 spiro atoms. The zero-order valence-corrected chi connectivity index (χ0v) is 20.9. The van der Waals surface area contributed by atoms with Gasteiger partial charge in [-0.25, -0.2) is 8.78 Å². The Hall–Kier alpha value is -4.09. The molecule has 1 aliphatic heterocycles. The normalized spacial score (nSPS) is 16.4. The molecule has 8 heteroatoms. The highest BCUT2D eigenvalue weighted by Gasteiger charge is 2.33. The second-order valence-electron chi connectivity index (χ2n) is 9.53. The third-order valence-corrected chi connectivity index (χ3v) is 7.24. The molecule has 1 fully saturated rings. The van der Waals surface area contributed by atoms with Crippen LogP contribution in [0.1, 0.15) is 29.7 Å². The van der Waals surface area contributed by atoms with Crippen LogP contribution >= 0.6 is 0 Å². The van der Waals surface area contributed by atoms with E-state index in [0.717, 1.165) is 16.8 Å². The van der Waals surface area contributed by atoms with Crippen molar-refractivity contribution in [1.82, 2.24) is 14.5 Å². The number of hydrogen-bond acceptors (Lipinski definition) is 4. The zero-order chi connectivity index (χ0) is 26.3. The lowest BCUT2D eigenvalue weighted by Gasteiger charge is -2.45. The molecule has 0 aliphatic carbocycles. The van der Waals surface area contributed by atoms with Crippen molar-refractivity contribution in [2.45, 2.75) is 25.9 Å². The van der Waals surface area contributed by atoms with Crippen molar-refractivity contribution < 1.29 is 8.78 Å². The van der Waals surface area contributed by atoms with E-state index < -0.39 is 0 Å². The maximum Gasteiger partial charge on any atom is 0.270 e. The number of anilines is 1. The monoisotopic (exact) mass is 499 g/mol. The summed E-state index contributed by atoms with van der Waals surface area (Å²) in [6.07, 6.45) is 0. The molecule has 2 aromatic heterocycles. The molecule has 3 heterocycles. The number of fused-ring (bicyclic) bond motifs is 1. The van der Waals surface area contributed by atoms with E-state index in [1.54, 1.807) is 54.9 Å². The van der Waals surface area contributed by atoms with Crippen LogP contribution in [0.15, 0.2) is 65.5 Å². The maximum atomic E-state index is 13.7. The van der Waals surface area contributed by atoms with Crippen molar-refractivity contribution in [1.29, 1.82) is 0 Å². The fourth-order valence-corrected chi connectivity index (χ4v) is 5.40. The lowest BCUT2D eigenvalue weighted by Crippen LogP contribution is -2.53. The molecule has 1 atom stereocenters. The molecular weight excluding hydrogens is 472 g/mol. The van der Waals surface area contributed by atoms with E-state index in [2.05, 4.69) is 26.6 Å². The van der Waals surface area contributed by atoms with Crippen LogP contribution in [0.4, 0.5) is 20.3 Å². The Balaban J connectivity index is 1.54. The molecule has 0 saturated carbocycles. The van der Waals surface area contributed by atoms with Crippen molar-refractivity contribution in [2.24, 2.45) is 7.05 Å². The van der Waals surface area contributed by atoms with Crippen LogP contribution < -0.4 is 10.5 Å². The topological polar surface area (TPSA) is 45.7 Å². The van der Waals surface area contributed by atoms with E-state index in [9.17, 15) is 13.6 Å². The Morgan fingerprint density at radius 2 is 1.57 bits per heavy atom. The van der Waals surface area contributed by atoms with E-state index in [1.807, 2.05) is 0 Å². The van der Waals surface area contributed by atoms with Crippen LogP contribution in [0.25, 0.3) is 15.9 Å². The van der Waals surface area contributed by atoms with Crippen LogP contribution in [0.3, 0.4) is 0 Å². The summed E-state index contributed by atoms with van der Waals surface area (Å²) < 4.78 is 29.0. The number of rotatable bonds is 4. The van der Waals surface area contributed by atoms with Gasteiger partial charge < -0.3 is 14.3 Å². The smallest absolute Gasteiger partial charge is 0.270 e. The molecule has 6 nitrogen and oxygen atoms in total. The number of benzene rings is 2. The lowest BCUT2D eigenvalue weighted by atomic mass is 9.94. The van der Waals surface area contributed by atoms with Gasteiger partial charge in [-0.3, -0.25) is 9.69 Å². The minimum absolute atomic E-state index is 0.0383. The van der Waals surface area contributed by atoms with Gasteiger partial charge in [0.25, 0.3) is 11.4 Å². The average molecular weight is 500 g/mol. The molecule has 0 bridgehead atoms. The molecular formula is C29H27F2N5O. The number of aryl methyl sites for hydroxylation is 1. The highest BCUT2D eigenvalue weighted by atomic mass is 19.1. The molecule has 1 saturated heterocycles. The molecule has 4 aromatic rings. The number of nitrogens with zero attached hydrogens (tertiary/aromatic N) is 5. The first-order valence-electron chi connectivity index (χ1n) is 12.2. The summed E-state index contributed by atoms with van der Waals surface area (Å²) in [6, 6.07) is 16.1. The third kappa shape index (κ3) is 4.47. The summed E-state index contributed by atoms with van der Waals surface area (Å²) in [7, 11) is 1.72. The van der Waals surface area contributed by atoms with Crippen molar-refractivity contribution in [3.8, 4) is 0 Å². The van der Waals surface area contributed by atoms with Gasteiger partial charge in [-0.15, -0.1) is 4.98 Å². The van der Waals surface area contributed by atoms with Crippen LogP contribution in [0.2, 0.25) is 0 Å². The summed E-state index contributed by atoms with van der Waals surface area (Å²) in [6.45, 7) is 13.2. The van der Waals surface area contributed by atoms with Crippen molar-refractivity contribution in [2.75, 3.05) is 24.5 Å². The fraction of sp³-hybridized carbons (Fsp3) is 0.276. The summed E-state index contributed by atoms with van der Waals surface area (Å²) in [5.74, 6) is -0.330. The van der Waals surface area contributed by atoms with Crippen molar-refractivity contribution >= 4 is 22.5 Å². The Bertz CT molecular complexity index is 1510. The molecule has 0 N–H and O–H groups in total. The van der Waals surface area contributed by atoms with Crippen LogP contribution in [-0.2, 0) is 7.05 Å². The molecule has 0 unspecified atom stereocenters. The molecule has 188 valence electrons. The first-order valence-corrected chi connectivity index (χ1v) is 12.2. The minimum atomic E-state index is -0.307. The summed E-state index contributed by atoms with van der Waals surface area (Å²) in [4.78, 5) is 25.6. The molecule has 0 amide bonds. The molecule has 2 aromatic carbocycles. The number of piperazine rings is 1. The van der Waals surface area contributed by atoms with Gasteiger partial charge in [0, 0.05) is 38.3 Å².